The molecule has 0 bridgehead atoms. The number of benzene rings is 1. The molecule has 1 N–H and O–H groups in total. The van der Waals surface area contributed by atoms with Gasteiger partial charge < -0.3 is 10.1 Å². The van der Waals surface area contributed by atoms with E-state index >= 15 is 0 Å². The van der Waals surface area contributed by atoms with Crippen molar-refractivity contribution in [3.8, 4) is 0 Å². The van der Waals surface area contributed by atoms with Crippen molar-refractivity contribution in [2.24, 2.45) is 0 Å². The molecule has 1 aliphatic rings. The summed E-state index contributed by atoms with van der Waals surface area (Å²) in [6.45, 7) is 0.164. The number of amides is 1. The molecule has 1 amide bonds. The lowest BCUT2D eigenvalue weighted by Gasteiger charge is -2.07. The van der Waals surface area contributed by atoms with Crippen LogP contribution in [0, 0.1) is 10.1 Å². The van der Waals surface area contributed by atoms with Gasteiger partial charge in [-0.25, -0.2) is 4.79 Å². The molecule has 0 saturated carbocycles. The number of alkyl carbamates (subject to hydrolysis) is 1. The van der Waals surface area contributed by atoms with Gasteiger partial charge in [0.2, 0.25) is 0 Å². The third kappa shape index (κ3) is 2.78. The van der Waals surface area contributed by atoms with Gasteiger partial charge in [-0.2, -0.15) is 0 Å². The predicted molar refractivity (Wildman–Crippen MR) is 62.6 cm³/mol. The molecule has 17 heavy (non-hydrogen) atoms. The van der Waals surface area contributed by atoms with E-state index in [1.807, 2.05) is 0 Å². The summed E-state index contributed by atoms with van der Waals surface area (Å²) in [6, 6.07) is 4.03. The Morgan fingerprint density at radius 3 is 2.76 bits per heavy atom. The minimum absolute atomic E-state index is 0. The van der Waals surface area contributed by atoms with Crippen molar-refractivity contribution in [3.05, 3.63) is 38.9 Å². The van der Waals surface area contributed by atoms with Crippen LogP contribution in [-0.4, -0.2) is 17.6 Å². The zero-order valence-corrected chi connectivity index (χ0v) is 9.96. The molecule has 8 heteroatoms. The van der Waals surface area contributed by atoms with E-state index in [1.165, 1.54) is 12.1 Å². The summed E-state index contributed by atoms with van der Waals surface area (Å²) >= 11 is 5.67. The molecule has 1 aliphatic heterocycles. The van der Waals surface area contributed by atoms with E-state index in [1.54, 1.807) is 6.07 Å². The number of rotatable bonds is 2. The number of nitro groups is 1. The molecule has 0 aliphatic carbocycles. The second-order valence-electron chi connectivity index (χ2n) is 3.26. The van der Waals surface area contributed by atoms with Crippen LogP contribution in [0.15, 0.2) is 18.2 Å². The van der Waals surface area contributed by atoms with E-state index < -0.39 is 11.0 Å². The predicted octanol–water partition coefficient (Wildman–Crippen LogP) is 2.45. The molecular weight excluding hydrogens is 271 g/mol. The van der Waals surface area contributed by atoms with E-state index in [0.717, 1.165) is 0 Å². The standard InChI is InChI=1S/C9H7ClN2O4.ClH/c10-6-2-1-5(3-8(6)12(14)15)7-4-16-9(13)11-7;/h1-3,7H,4H2,(H,11,13);1H/t7-;/m1./s1. The summed E-state index contributed by atoms with van der Waals surface area (Å²) in [6.07, 6.45) is -0.525. The van der Waals surface area contributed by atoms with Gasteiger partial charge in [0.1, 0.15) is 11.6 Å². The van der Waals surface area contributed by atoms with Gasteiger partial charge in [0.15, 0.2) is 0 Å². The molecule has 92 valence electrons. The van der Waals surface area contributed by atoms with Crippen molar-refractivity contribution in [1.29, 1.82) is 0 Å². The average molecular weight is 279 g/mol. The lowest BCUT2D eigenvalue weighted by Crippen LogP contribution is -2.18. The van der Waals surface area contributed by atoms with Gasteiger partial charge in [0.25, 0.3) is 5.69 Å². The number of ether oxygens (including phenoxy) is 1. The van der Waals surface area contributed by atoms with Gasteiger partial charge in [-0.05, 0) is 11.6 Å². The Morgan fingerprint density at radius 1 is 1.53 bits per heavy atom. The zero-order valence-electron chi connectivity index (χ0n) is 8.38. The van der Waals surface area contributed by atoms with Crippen LogP contribution < -0.4 is 5.32 Å². The molecule has 0 aromatic heterocycles. The first kappa shape index (κ1) is 13.5. The SMILES string of the molecule is Cl.O=C1N[C@@H](c2ccc(Cl)c([N+](=O)[O-])c2)CO1. The second kappa shape index (κ2) is 5.20. The molecule has 1 aromatic rings. The molecule has 0 radical (unpaired) electrons. The minimum atomic E-state index is -0.566. The van der Waals surface area contributed by atoms with Crippen LogP contribution in [0.4, 0.5) is 10.5 Å². The summed E-state index contributed by atoms with van der Waals surface area (Å²) in [5, 5.41) is 13.3. The fourth-order valence-corrected chi connectivity index (χ4v) is 1.64. The number of carbonyl (C=O) groups is 1. The number of halogens is 2. The summed E-state index contributed by atoms with van der Waals surface area (Å²) < 4.78 is 4.70. The van der Waals surface area contributed by atoms with E-state index in [4.69, 9.17) is 16.3 Å². The number of hydrogen-bond acceptors (Lipinski definition) is 4. The van der Waals surface area contributed by atoms with Crippen LogP contribution in [0.5, 0.6) is 0 Å². The summed E-state index contributed by atoms with van der Waals surface area (Å²) in [5.74, 6) is 0. The Morgan fingerprint density at radius 2 is 2.24 bits per heavy atom. The number of carbonyl (C=O) groups excluding carboxylic acids is 1. The van der Waals surface area contributed by atoms with Crippen molar-refractivity contribution in [2.45, 2.75) is 6.04 Å². The van der Waals surface area contributed by atoms with Crippen molar-refractivity contribution in [2.75, 3.05) is 6.61 Å². The lowest BCUT2D eigenvalue weighted by molar-refractivity contribution is -0.384. The average Bonchev–Trinajstić information content (AvgIpc) is 2.65. The monoisotopic (exact) mass is 278 g/mol. The van der Waals surface area contributed by atoms with Crippen molar-refractivity contribution < 1.29 is 14.5 Å². The number of nitro benzene ring substituents is 1. The van der Waals surface area contributed by atoms with E-state index in [2.05, 4.69) is 5.32 Å². The van der Waals surface area contributed by atoms with Crippen LogP contribution in [0.2, 0.25) is 5.02 Å². The highest BCUT2D eigenvalue weighted by Crippen LogP contribution is 2.28. The molecule has 1 heterocycles. The summed E-state index contributed by atoms with van der Waals surface area (Å²) in [7, 11) is 0. The quantitative estimate of drug-likeness (QED) is 0.666. The van der Waals surface area contributed by atoms with Gasteiger partial charge in [0, 0.05) is 6.07 Å². The Hall–Kier alpha value is -1.53. The Kier molecular flexibility index (Phi) is 4.14. The third-order valence-electron chi connectivity index (χ3n) is 2.24. The van der Waals surface area contributed by atoms with Crippen LogP contribution in [0.1, 0.15) is 11.6 Å². The maximum absolute atomic E-state index is 10.8. The van der Waals surface area contributed by atoms with Crippen LogP contribution >= 0.6 is 24.0 Å². The highest BCUT2D eigenvalue weighted by atomic mass is 35.5. The van der Waals surface area contributed by atoms with Gasteiger partial charge >= 0.3 is 6.09 Å². The number of nitrogens with one attached hydrogen (secondary N) is 1. The summed E-state index contributed by atoms with van der Waals surface area (Å²) in [5.41, 5.74) is 0.419. The third-order valence-corrected chi connectivity index (χ3v) is 2.56. The molecule has 2 rings (SSSR count). The maximum atomic E-state index is 10.8. The molecule has 1 aromatic carbocycles. The Labute approximate surface area is 107 Å². The first-order valence-corrected chi connectivity index (χ1v) is 4.83. The van der Waals surface area contributed by atoms with Crippen molar-refractivity contribution in [1.82, 2.24) is 5.32 Å². The molecule has 0 unspecified atom stereocenters. The van der Waals surface area contributed by atoms with Crippen LogP contribution in [0.25, 0.3) is 0 Å². The first-order chi connectivity index (χ1) is 7.58. The lowest BCUT2D eigenvalue weighted by atomic mass is 10.1. The van der Waals surface area contributed by atoms with E-state index in [-0.39, 0.29) is 35.8 Å². The molecule has 1 saturated heterocycles. The molecule has 1 atom stereocenters. The normalized spacial score (nSPS) is 17.9. The Bertz CT molecular complexity index is 466. The first-order valence-electron chi connectivity index (χ1n) is 4.45. The van der Waals surface area contributed by atoms with Crippen LogP contribution in [0.3, 0.4) is 0 Å². The largest absolute Gasteiger partial charge is 0.447 e. The van der Waals surface area contributed by atoms with Gasteiger partial charge in [0.05, 0.1) is 11.0 Å². The van der Waals surface area contributed by atoms with Gasteiger partial charge in [-0.1, -0.05) is 17.7 Å². The fourth-order valence-electron chi connectivity index (χ4n) is 1.45. The molecule has 1 fully saturated rings. The van der Waals surface area contributed by atoms with Crippen LogP contribution in [-0.2, 0) is 4.74 Å². The highest BCUT2D eigenvalue weighted by Gasteiger charge is 2.25. The molecular formula is C9H8Cl2N2O4. The topological polar surface area (TPSA) is 81.5 Å². The van der Waals surface area contributed by atoms with E-state index in [9.17, 15) is 14.9 Å². The summed E-state index contributed by atoms with van der Waals surface area (Å²) in [4.78, 5) is 20.9. The van der Waals surface area contributed by atoms with Crippen molar-refractivity contribution in [3.63, 3.8) is 0 Å². The number of nitrogens with zero attached hydrogens (tertiary/aromatic N) is 1. The number of cyclic esters (lactones) is 1. The van der Waals surface area contributed by atoms with Crippen molar-refractivity contribution >= 4 is 35.8 Å². The smallest absolute Gasteiger partial charge is 0.407 e. The maximum Gasteiger partial charge on any atom is 0.407 e. The molecule has 6 nitrogen and oxygen atoms in total. The number of hydrogen-bond donors (Lipinski definition) is 1. The second-order valence-corrected chi connectivity index (χ2v) is 3.67. The fraction of sp³-hybridized carbons (Fsp3) is 0.222. The Balaban J connectivity index is 0.00000144. The highest BCUT2D eigenvalue weighted by molar-refractivity contribution is 6.32. The van der Waals surface area contributed by atoms with Gasteiger partial charge in [-0.3, -0.25) is 10.1 Å². The minimum Gasteiger partial charge on any atom is -0.447 e. The zero-order chi connectivity index (χ0) is 11.7. The molecule has 0 spiro atoms. The van der Waals surface area contributed by atoms with E-state index in [0.29, 0.717) is 5.56 Å². The van der Waals surface area contributed by atoms with Gasteiger partial charge in [-0.15, -0.1) is 12.4 Å².